The molecule has 0 aliphatic carbocycles. The van der Waals surface area contributed by atoms with Crippen LogP contribution >= 0.6 is 15.9 Å². The van der Waals surface area contributed by atoms with E-state index in [4.69, 9.17) is 20.1 Å². The third-order valence-electron chi connectivity index (χ3n) is 4.31. The maximum absolute atomic E-state index is 11.7. The van der Waals surface area contributed by atoms with Gasteiger partial charge in [-0.3, -0.25) is 4.79 Å². The number of nitrogens with two attached hydrogens (primary N) is 1. The van der Waals surface area contributed by atoms with E-state index >= 15 is 0 Å². The lowest BCUT2D eigenvalue weighted by molar-refractivity contribution is -0.191. The molecule has 0 amide bonds. The van der Waals surface area contributed by atoms with Gasteiger partial charge in [0.15, 0.2) is 0 Å². The van der Waals surface area contributed by atoms with Crippen LogP contribution < -0.4 is 11.1 Å². The number of nitrogens with one attached hydrogen (secondary N) is 1. The van der Waals surface area contributed by atoms with E-state index in [0.717, 1.165) is 32.4 Å². The smallest absolute Gasteiger partial charge is 0.373 e. The average molecular weight is 485 g/mol. The summed E-state index contributed by atoms with van der Waals surface area (Å²) in [6, 6.07) is 10.3. The van der Waals surface area contributed by atoms with Crippen LogP contribution in [0.4, 0.5) is 0 Å². The fraction of sp³-hybridized carbons (Fsp3) is 0.652. The number of hydrogen-bond donors (Lipinski definition) is 2. The number of esters is 1. The van der Waals surface area contributed by atoms with Crippen molar-refractivity contribution < 1.29 is 19.1 Å². The van der Waals surface area contributed by atoms with Crippen LogP contribution in [0.2, 0.25) is 0 Å². The highest BCUT2D eigenvalue weighted by molar-refractivity contribution is 9.10. The second kappa shape index (κ2) is 15.3. The van der Waals surface area contributed by atoms with Gasteiger partial charge >= 0.3 is 12.1 Å². The molecule has 0 saturated carbocycles. The van der Waals surface area contributed by atoms with Gasteiger partial charge in [-0.15, -0.1) is 0 Å². The summed E-state index contributed by atoms with van der Waals surface area (Å²) in [5, 5.41) is 3.31. The molecule has 170 valence electrons. The maximum atomic E-state index is 11.7. The molecule has 0 bridgehead atoms. The zero-order chi connectivity index (χ0) is 23.0. The third kappa shape index (κ3) is 16.3. The Morgan fingerprint density at radius 1 is 1.27 bits per heavy atom. The summed E-state index contributed by atoms with van der Waals surface area (Å²) in [7, 11) is 0. The summed E-state index contributed by atoms with van der Waals surface area (Å²) in [5.74, 6) is -0.171. The molecule has 6 nitrogen and oxygen atoms in total. The third-order valence-corrected chi connectivity index (χ3v) is 5.14. The normalized spacial score (nSPS) is 19.5. The highest BCUT2D eigenvalue weighted by Gasteiger charge is 2.22. The molecule has 1 aromatic carbocycles. The van der Waals surface area contributed by atoms with E-state index in [1.165, 1.54) is 24.8 Å². The first-order valence-electron chi connectivity index (χ1n) is 10.4. The predicted octanol–water partition coefficient (Wildman–Crippen LogP) is 4.01. The standard InChI is InChI=1S/C15H21BrO2.C7H16N2.CO2/c1-15(2,3)18-14(17)13(16)11-7-10-12-8-5-4-6-9-12;1-7(8)4-2-3-5-9-6-7;2-1-3/h4-6,8-9,13H,7,10-11H2,1-3H3;9H,2-6,8H2,1H3;/t13-;;/m0../s1. The molecule has 1 fully saturated rings. The number of halogens is 1. The molecule has 1 unspecified atom stereocenters. The molecule has 0 spiro atoms. The molecule has 30 heavy (non-hydrogen) atoms. The molecule has 0 radical (unpaired) electrons. The van der Waals surface area contributed by atoms with Crippen molar-refractivity contribution in [1.82, 2.24) is 5.32 Å². The summed E-state index contributed by atoms with van der Waals surface area (Å²) in [6.07, 6.45) is 6.74. The van der Waals surface area contributed by atoms with Gasteiger partial charge < -0.3 is 15.8 Å². The van der Waals surface area contributed by atoms with Crippen molar-refractivity contribution in [3.05, 3.63) is 35.9 Å². The van der Waals surface area contributed by atoms with E-state index in [0.29, 0.717) is 0 Å². The second-order valence-corrected chi connectivity index (χ2v) is 9.86. The topological polar surface area (TPSA) is 98.5 Å². The molecule has 1 aliphatic heterocycles. The zero-order valence-corrected chi connectivity index (χ0v) is 20.3. The van der Waals surface area contributed by atoms with Crippen LogP contribution in [0, 0.1) is 0 Å². The number of benzene rings is 1. The van der Waals surface area contributed by atoms with Crippen LogP contribution in [0.3, 0.4) is 0 Å². The van der Waals surface area contributed by atoms with E-state index in [1.807, 2.05) is 39.0 Å². The van der Waals surface area contributed by atoms with E-state index < -0.39 is 5.60 Å². The summed E-state index contributed by atoms with van der Waals surface area (Å²) < 4.78 is 5.32. The Labute approximate surface area is 189 Å². The number of carbonyl (C=O) groups is 1. The van der Waals surface area contributed by atoms with Crippen molar-refractivity contribution in [2.24, 2.45) is 5.73 Å². The van der Waals surface area contributed by atoms with Crippen LogP contribution in [0.15, 0.2) is 30.3 Å². The number of carbonyl (C=O) groups excluding carboxylic acids is 3. The Kier molecular flexibility index (Phi) is 14.5. The van der Waals surface area contributed by atoms with Crippen molar-refractivity contribution in [3.63, 3.8) is 0 Å². The lowest BCUT2D eigenvalue weighted by atomic mass is 9.98. The van der Waals surface area contributed by atoms with Gasteiger partial charge in [0.1, 0.15) is 10.4 Å². The predicted molar refractivity (Wildman–Crippen MR) is 122 cm³/mol. The van der Waals surface area contributed by atoms with Gasteiger partial charge in [0.05, 0.1) is 0 Å². The van der Waals surface area contributed by atoms with E-state index in [2.05, 4.69) is 40.3 Å². The molecule has 2 rings (SSSR count). The summed E-state index contributed by atoms with van der Waals surface area (Å²) in [4.78, 5) is 27.8. The molecule has 1 aromatic rings. The molecule has 1 aliphatic rings. The van der Waals surface area contributed by atoms with E-state index in [1.54, 1.807) is 0 Å². The second-order valence-electron chi connectivity index (χ2n) is 8.75. The van der Waals surface area contributed by atoms with Crippen molar-refractivity contribution in [2.45, 2.75) is 82.2 Å². The highest BCUT2D eigenvalue weighted by atomic mass is 79.9. The summed E-state index contributed by atoms with van der Waals surface area (Å²) >= 11 is 3.39. The highest BCUT2D eigenvalue weighted by Crippen LogP contribution is 2.17. The largest absolute Gasteiger partial charge is 0.459 e. The van der Waals surface area contributed by atoms with Gasteiger partial charge in [0, 0.05) is 12.1 Å². The van der Waals surface area contributed by atoms with Crippen molar-refractivity contribution in [1.29, 1.82) is 0 Å². The molecular formula is C23H37BrN2O4. The first-order valence-corrected chi connectivity index (χ1v) is 11.3. The van der Waals surface area contributed by atoms with Crippen LogP contribution in [-0.4, -0.2) is 41.2 Å². The first-order chi connectivity index (χ1) is 14.0. The average Bonchev–Trinajstić information content (AvgIpc) is 2.85. The molecule has 7 heteroatoms. The molecule has 2 atom stereocenters. The number of hydrogen-bond acceptors (Lipinski definition) is 6. The van der Waals surface area contributed by atoms with E-state index in [-0.39, 0.29) is 22.5 Å². The van der Waals surface area contributed by atoms with Crippen LogP contribution in [-0.2, 0) is 25.5 Å². The summed E-state index contributed by atoms with van der Waals surface area (Å²) in [5.41, 5.74) is 6.86. The molecule has 0 aromatic heterocycles. The first kappa shape index (κ1) is 28.5. The quantitative estimate of drug-likeness (QED) is 0.483. The van der Waals surface area contributed by atoms with Gasteiger partial charge in [-0.05, 0) is 71.9 Å². The van der Waals surface area contributed by atoms with Crippen LogP contribution in [0.5, 0.6) is 0 Å². The number of rotatable bonds is 5. The molecular weight excluding hydrogens is 448 g/mol. The van der Waals surface area contributed by atoms with Crippen molar-refractivity contribution in [3.8, 4) is 0 Å². The van der Waals surface area contributed by atoms with Crippen LogP contribution in [0.25, 0.3) is 0 Å². The van der Waals surface area contributed by atoms with Crippen LogP contribution in [0.1, 0.15) is 65.4 Å². The lowest BCUT2D eigenvalue weighted by Crippen LogP contribution is -2.44. The van der Waals surface area contributed by atoms with Gasteiger partial charge in [0.2, 0.25) is 0 Å². The molecule has 1 heterocycles. The number of ether oxygens (including phenoxy) is 1. The SMILES string of the molecule is CC(C)(C)OC(=O)[C@@H](Br)CCCc1ccccc1.CC1(N)CCCCNC1.O=C=O. The van der Waals surface area contributed by atoms with Gasteiger partial charge in [-0.2, -0.15) is 9.59 Å². The van der Waals surface area contributed by atoms with Gasteiger partial charge in [-0.25, -0.2) is 0 Å². The molecule has 1 saturated heterocycles. The maximum Gasteiger partial charge on any atom is 0.373 e. The minimum atomic E-state index is -0.414. The van der Waals surface area contributed by atoms with Crippen molar-refractivity contribution >= 4 is 28.1 Å². The van der Waals surface area contributed by atoms with Crippen molar-refractivity contribution in [2.75, 3.05) is 13.1 Å². The number of alkyl halides is 1. The Bertz CT molecular complexity index is 614. The van der Waals surface area contributed by atoms with Gasteiger partial charge in [-0.1, -0.05) is 52.7 Å². The summed E-state index contributed by atoms with van der Waals surface area (Å²) in [6.45, 7) is 9.89. The minimum absolute atomic E-state index is 0.0521. The lowest BCUT2D eigenvalue weighted by Gasteiger charge is -2.21. The Balaban J connectivity index is 0.000000581. The minimum Gasteiger partial charge on any atom is -0.459 e. The number of aryl methyl sites for hydroxylation is 1. The van der Waals surface area contributed by atoms with Gasteiger partial charge in [0.25, 0.3) is 0 Å². The van der Waals surface area contributed by atoms with E-state index in [9.17, 15) is 4.79 Å². The zero-order valence-electron chi connectivity index (χ0n) is 18.7. The fourth-order valence-electron chi connectivity index (χ4n) is 2.85. The monoisotopic (exact) mass is 484 g/mol. The fourth-order valence-corrected chi connectivity index (χ4v) is 3.27. The Morgan fingerprint density at radius 3 is 2.43 bits per heavy atom. The Morgan fingerprint density at radius 2 is 1.87 bits per heavy atom. The molecule has 3 N–H and O–H groups in total. The Hall–Kier alpha value is -1.53.